The molecule has 1 aliphatic heterocycles. The number of nitrogens with two attached hydrogens (primary N) is 1. The quantitative estimate of drug-likeness (QED) is 0.865. The minimum atomic E-state index is 0.288. The summed E-state index contributed by atoms with van der Waals surface area (Å²) in [5.74, 6) is 1.20. The number of nitrogens with zero attached hydrogens (tertiary/aromatic N) is 3. The largest absolute Gasteiger partial charge is 0.338 e. The highest BCUT2D eigenvalue weighted by Gasteiger charge is 2.25. The molecule has 6 heteroatoms. The molecule has 1 aromatic carbocycles. The van der Waals surface area contributed by atoms with Gasteiger partial charge in [-0.1, -0.05) is 36.3 Å². The zero-order valence-electron chi connectivity index (χ0n) is 13.0. The molecular formula is C16H23N5O. The second-order valence-corrected chi connectivity index (χ2v) is 5.59. The van der Waals surface area contributed by atoms with Crippen LogP contribution in [0.2, 0.25) is 0 Å². The lowest BCUT2D eigenvalue weighted by Crippen LogP contribution is -2.45. The van der Waals surface area contributed by atoms with E-state index in [0.29, 0.717) is 24.3 Å². The first-order valence-electron chi connectivity index (χ1n) is 7.85. The maximum atomic E-state index is 5.52. The van der Waals surface area contributed by atoms with E-state index in [1.54, 1.807) is 0 Å². The number of rotatable bonds is 5. The van der Waals surface area contributed by atoms with Gasteiger partial charge in [-0.3, -0.25) is 4.90 Å². The summed E-state index contributed by atoms with van der Waals surface area (Å²) < 4.78 is 5.10. The van der Waals surface area contributed by atoms with Gasteiger partial charge in [0.1, 0.15) is 0 Å². The van der Waals surface area contributed by atoms with Crippen molar-refractivity contribution in [3.05, 3.63) is 47.1 Å². The molecule has 0 radical (unpaired) electrons. The van der Waals surface area contributed by atoms with Crippen molar-refractivity contribution in [2.45, 2.75) is 32.5 Å². The Kier molecular flexibility index (Phi) is 4.82. The molecule has 1 atom stereocenters. The fourth-order valence-electron chi connectivity index (χ4n) is 2.86. The standard InChI is InChI=1S/C16H23N5O/c1-2-12-3-5-13(6-4-12)14-10-18-7-8-21(14)11-15-19-16(9-17)22-20-15/h3-6,14,18H,2,7-11,17H2,1H3. The van der Waals surface area contributed by atoms with Crippen LogP contribution in [0.25, 0.3) is 0 Å². The summed E-state index contributed by atoms with van der Waals surface area (Å²) in [6, 6.07) is 9.21. The van der Waals surface area contributed by atoms with Crippen LogP contribution in [0.4, 0.5) is 0 Å². The molecule has 1 aromatic heterocycles. The van der Waals surface area contributed by atoms with Crippen molar-refractivity contribution in [1.29, 1.82) is 0 Å². The van der Waals surface area contributed by atoms with Crippen molar-refractivity contribution in [2.75, 3.05) is 19.6 Å². The van der Waals surface area contributed by atoms with E-state index in [2.05, 4.69) is 51.5 Å². The van der Waals surface area contributed by atoms with E-state index in [0.717, 1.165) is 26.1 Å². The van der Waals surface area contributed by atoms with Gasteiger partial charge in [-0.2, -0.15) is 4.98 Å². The predicted molar refractivity (Wildman–Crippen MR) is 84.0 cm³/mol. The first kappa shape index (κ1) is 15.1. The Morgan fingerprint density at radius 2 is 2.18 bits per heavy atom. The summed E-state index contributed by atoms with van der Waals surface area (Å²) >= 11 is 0. The first-order valence-corrected chi connectivity index (χ1v) is 7.85. The Hall–Kier alpha value is -1.76. The molecule has 0 aliphatic carbocycles. The van der Waals surface area contributed by atoms with Gasteiger partial charge >= 0.3 is 0 Å². The Bertz CT molecular complexity index is 595. The van der Waals surface area contributed by atoms with Crippen molar-refractivity contribution < 1.29 is 4.52 Å². The van der Waals surface area contributed by atoms with Crippen LogP contribution >= 0.6 is 0 Å². The molecule has 1 fully saturated rings. The number of aromatic nitrogens is 2. The maximum Gasteiger partial charge on any atom is 0.240 e. The minimum absolute atomic E-state index is 0.288. The van der Waals surface area contributed by atoms with Crippen LogP contribution in [0.1, 0.15) is 35.8 Å². The van der Waals surface area contributed by atoms with Crippen LogP contribution in [0.15, 0.2) is 28.8 Å². The Morgan fingerprint density at radius 1 is 1.36 bits per heavy atom. The summed E-state index contributed by atoms with van der Waals surface area (Å²) in [6.45, 7) is 6.03. The number of nitrogens with one attached hydrogen (secondary N) is 1. The molecule has 2 aromatic rings. The fourth-order valence-corrected chi connectivity index (χ4v) is 2.86. The van der Waals surface area contributed by atoms with E-state index in [4.69, 9.17) is 10.3 Å². The van der Waals surface area contributed by atoms with E-state index >= 15 is 0 Å². The monoisotopic (exact) mass is 301 g/mol. The molecule has 0 bridgehead atoms. The summed E-state index contributed by atoms with van der Waals surface area (Å²) in [5.41, 5.74) is 8.21. The van der Waals surface area contributed by atoms with Crippen LogP contribution in [0.5, 0.6) is 0 Å². The SMILES string of the molecule is CCc1ccc(C2CNCCN2Cc2noc(CN)n2)cc1. The van der Waals surface area contributed by atoms with E-state index < -0.39 is 0 Å². The molecule has 3 N–H and O–H groups in total. The number of aryl methyl sites for hydroxylation is 1. The molecule has 0 amide bonds. The zero-order valence-corrected chi connectivity index (χ0v) is 13.0. The van der Waals surface area contributed by atoms with Crippen LogP contribution in [-0.2, 0) is 19.5 Å². The smallest absolute Gasteiger partial charge is 0.240 e. The van der Waals surface area contributed by atoms with Crippen LogP contribution in [0, 0.1) is 0 Å². The molecule has 0 spiro atoms. The number of benzene rings is 1. The molecule has 0 saturated carbocycles. The van der Waals surface area contributed by atoms with Crippen molar-refractivity contribution in [2.24, 2.45) is 5.73 Å². The Balaban J connectivity index is 1.75. The number of piperazine rings is 1. The van der Waals surface area contributed by atoms with E-state index in [1.165, 1.54) is 11.1 Å². The third kappa shape index (κ3) is 3.35. The van der Waals surface area contributed by atoms with Crippen molar-refractivity contribution in [1.82, 2.24) is 20.4 Å². The summed E-state index contributed by atoms with van der Waals surface area (Å²) in [4.78, 5) is 6.70. The molecular weight excluding hydrogens is 278 g/mol. The van der Waals surface area contributed by atoms with Crippen molar-refractivity contribution >= 4 is 0 Å². The molecule has 1 saturated heterocycles. The molecule has 6 nitrogen and oxygen atoms in total. The van der Waals surface area contributed by atoms with Gasteiger partial charge in [-0.25, -0.2) is 0 Å². The Morgan fingerprint density at radius 3 is 2.86 bits per heavy atom. The minimum Gasteiger partial charge on any atom is -0.338 e. The van der Waals surface area contributed by atoms with Gasteiger partial charge in [-0.05, 0) is 17.5 Å². The molecule has 1 unspecified atom stereocenters. The number of hydrogen-bond donors (Lipinski definition) is 2. The molecule has 2 heterocycles. The second kappa shape index (κ2) is 7.00. The second-order valence-electron chi connectivity index (χ2n) is 5.59. The fraction of sp³-hybridized carbons (Fsp3) is 0.500. The highest BCUT2D eigenvalue weighted by Crippen LogP contribution is 2.24. The van der Waals surface area contributed by atoms with Gasteiger partial charge in [0.25, 0.3) is 0 Å². The lowest BCUT2D eigenvalue weighted by atomic mass is 10.0. The number of hydrogen-bond acceptors (Lipinski definition) is 6. The summed E-state index contributed by atoms with van der Waals surface area (Å²) in [6.07, 6.45) is 1.07. The molecule has 22 heavy (non-hydrogen) atoms. The Labute approximate surface area is 130 Å². The lowest BCUT2D eigenvalue weighted by Gasteiger charge is -2.35. The summed E-state index contributed by atoms with van der Waals surface area (Å²) in [5, 5.41) is 7.48. The average molecular weight is 301 g/mol. The lowest BCUT2D eigenvalue weighted by molar-refractivity contribution is 0.148. The average Bonchev–Trinajstić information content (AvgIpc) is 3.03. The topological polar surface area (TPSA) is 80.2 Å². The maximum absolute atomic E-state index is 5.52. The predicted octanol–water partition coefficient (Wildman–Crippen LogP) is 1.24. The highest BCUT2D eigenvalue weighted by molar-refractivity contribution is 5.25. The highest BCUT2D eigenvalue weighted by atomic mass is 16.5. The van der Waals surface area contributed by atoms with Gasteiger partial charge < -0.3 is 15.6 Å². The van der Waals surface area contributed by atoms with Crippen LogP contribution < -0.4 is 11.1 Å². The van der Waals surface area contributed by atoms with E-state index in [9.17, 15) is 0 Å². The van der Waals surface area contributed by atoms with Crippen molar-refractivity contribution in [3.8, 4) is 0 Å². The zero-order chi connectivity index (χ0) is 15.4. The molecule has 1 aliphatic rings. The van der Waals surface area contributed by atoms with Gasteiger partial charge in [0.05, 0.1) is 13.1 Å². The van der Waals surface area contributed by atoms with Crippen LogP contribution in [-0.4, -0.2) is 34.7 Å². The van der Waals surface area contributed by atoms with Crippen LogP contribution in [0.3, 0.4) is 0 Å². The van der Waals surface area contributed by atoms with Gasteiger partial charge in [0.2, 0.25) is 5.89 Å². The van der Waals surface area contributed by atoms with E-state index in [1.807, 2.05) is 0 Å². The van der Waals surface area contributed by atoms with Gasteiger partial charge in [-0.15, -0.1) is 0 Å². The summed E-state index contributed by atoms with van der Waals surface area (Å²) in [7, 11) is 0. The van der Waals surface area contributed by atoms with E-state index in [-0.39, 0.29) is 6.54 Å². The third-order valence-electron chi connectivity index (χ3n) is 4.16. The normalized spacial score (nSPS) is 19.5. The first-order chi connectivity index (χ1) is 10.8. The third-order valence-corrected chi connectivity index (χ3v) is 4.16. The van der Waals surface area contributed by atoms with Gasteiger partial charge in [0, 0.05) is 25.7 Å². The molecule has 118 valence electrons. The molecule has 3 rings (SSSR count). The van der Waals surface area contributed by atoms with Crippen molar-refractivity contribution in [3.63, 3.8) is 0 Å². The van der Waals surface area contributed by atoms with Gasteiger partial charge in [0.15, 0.2) is 5.82 Å².